The fourth-order valence-electron chi connectivity index (χ4n) is 5.12. The number of nitrogen functional groups attached to an aromatic ring is 1. The Kier molecular flexibility index (Phi) is 9.84. The lowest BCUT2D eigenvalue weighted by atomic mass is 10.0. The molecule has 222 valence electrons. The van der Waals surface area contributed by atoms with Gasteiger partial charge in [0.05, 0.1) is 37.4 Å². The van der Waals surface area contributed by atoms with Crippen molar-refractivity contribution in [1.29, 1.82) is 5.41 Å². The van der Waals surface area contributed by atoms with Gasteiger partial charge in [0, 0.05) is 12.1 Å². The van der Waals surface area contributed by atoms with Crippen LogP contribution in [0.2, 0.25) is 0 Å². The van der Waals surface area contributed by atoms with Crippen LogP contribution in [-0.4, -0.2) is 63.6 Å². The Labute approximate surface area is 246 Å². The summed E-state index contributed by atoms with van der Waals surface area (Å²) in [5, 5.41) is 7.58. The number of likely N-dealkylation sites (tertiary alicyclic amines) is 1. The van der Waals surface area contributed by atoms with Gasteiger partial charge < -0.3 is 20.1 Å². The van der Waals surface area contributed by atoms with Gasteiger partial charge in [0.1, 0.15) is 18.2 Å². The number of amides is 1. The molecule has 11 heteroatoms. The lowest BCUT2D eigenvalue weighted by molar-refractivity contribution is -0.144. The number of nitrogens with zero attached hydrogens (tertiary/aromatic N) is 1. The predicted molar refractivity (Wildman–Crippen MR) is 162 cm³/mol. The van der Waals surface area contributed by atoms with E-state index in [2.05, 4.69) is 4.72 Å². The molecule has 1 heterocycles. The van der Waals surface area contributed by atoms with Crippen LogP contribution < -0.4 is 15.2 Å². The van der Waals surface area contributed by atoms with E-state index in [4.69, 9.17) is 20.6 Å². The molecule has 0 saturated carbocycles. The first-order valence-electron chi connectivity index (χ1n) is 13.6. The number of hydrogen-bond donors (Lipinski definition) is 3. The molecule has 2 atom stereocenters. The molecule has 1 fully saturated rings. The molecule has 42 heavy (non-hydrogen) atoms. The van der Waals surface area contributed by atoms with Crippen molar-refractivity contribution in [3.63, 3.8) is 0 Å². The Morgan fingerprint density at radius 3 is 2.40 bits per heavy atom. The second-order valence-corrected chi connectivity index (χ2v) is 12.1. The molecule has 1 amide bonds. The summed E-state index contributed by atoms with van der Waals surface area (Å²) in [6.07, 6.45) is 3.03. The Balaban J connectivity index is 1.52. The van der Waals surface area contributed by atoms with Gasteiger partial charge in [0.15, 0.2) is 0 Å². The van der Waals surface area contributed by atoms with Crippen LogP contribution in [0.1, 0.15) is 30.4 Å². The summed E-state index contributed by atoms with van der Waals surface area (Å²) in [6, 6.07) is 21.9. The highest BCUT2D eigenvalue weighted by Gasteiger charge is 2.40. The molecule has 1 aliphatic heterocycles. The van der Waals surface area contributed by atoms with Crippen molar-refractivity contribution in [3.05, 3.63) is 83.9 Å². The largest absolute Gasteiger partial charge is 0.489 e. The number of ether oxygens (including phenoxy) is 2. The van der Waals surface area contributed by atoms with Crippen LogP contribution in [0.15, 0.2) is 72.8 Å². The van der Waals surface area contributed by atoms with Crippen molar-refractivity contribution < 1.29 is 27.5 Å². The topological polar surface area (TPSA) is 152 Å². The van der Waals surface area contributed by atoms with E-state index in [-0.39, 0.29) is 36.5 Å². The quantitative estimate of drug-likeness (QED) is 0.155. The zero-order chi connectivity index (χ0) is 30.3. The first-order chi connectivity index (χ1) is 20.0. The Morgan fingerprint density at radius 2 is 1.76 bits per heavy atom. The van der Waals surface area contributed by atoms with Gasteiger partial charge >= 0.3 is 5.97 Å². The van der Waals surface area contributed by atoms with Gasteiger partial charge in [0.2, 0.25) is 15.9 Å². The van der Waals surface area contributed by atoms with E-state index < -0.39 is 21.9 Å². The minimum Gasteiger partial charge on any atom is -0.489 e. The second kappa shape index (κ2) is 13.5. The van der Waals surface area contributed by atoms with Crippen LogP contribution >= 0.6 is 0 Å². The molecular weight excluding hydrogens is 556 g/mol. The van der Waals surface area contributed by atoms with Crippen LogP contribution in [-0.2, 0) is 30.8 Å². The lowest BCUT2D eigenvalue weighted by Crippen LogP contribution is -2.38. The number of anilines is 1. The SMILES string of the molecule is COC(=O)C[C@@H]1C[C@@H](COc2ccc(-c3ccc(C(=N)N)cc3)cc2NS(C)(=O)=O)N(CCCc2ccccc2)C1=O. The molecule has 4 N–H and O–H groups in total. The number of carbonyl (C=O) groups is 2. The third-order valence-electron chi connectivity index (χ3n) is 7.21. The minimum atomic E-state index is -3.63. The van der Waals surface area contributed by atoms with E-state index in [0.29, 0.717) is 24.3 Å². The lowest BCUT2D eigenvalue weighted by Gasteiger charge is -2.25. The number of sulfonamides is 1. The van der Waals surface area contributed by atoms with E-state index >= 15 is 0 Å². The number of esters is 1. The molecule has 10 nitrogen and oxygen atoms in total. The fraction of sp³-hybridized carbons (Fsp3) is 0.323. The number of rotatable bonds is 13. The highest BCUT2D eigenvalue weighted by Crippen LogP contribution is 2.34. The molecule has 4 rings (SSSR count). The highest BCUT2D eigenvalue weighted by atomic mass is 32.2. The number of benzene rings is 3. The summed E-state index contributed by atoms with van der Waals surface area (Å²) in [4.78, 5) is 27.0. The van der Waals surface area contributed by atoms with Crippen LogP contribution in [0.5, 0.6) is 5.75 Å². The predicted octanol–water partition coefficient (Wildman–Crippen LogP) is 3.80. The van der Waals surface area contributed by atoms with E-state index in [9.17, 15) is 18.0 Å². The molecule has 3 aromatic carbocycles. The third kappa shape index (κ3) is 8.10. The number of methoxy groups -OCH3 is 1. The molecule has 0 aliphatic carbocycles. The van der Waals surface area contributed by atoms with Gasteiger partial charge in [-0.05, 0) is 48.1 Å². The van der Waals surface area contributed by atoms with Gasteiger partial charge in [-0.15, -0.1) is 0 Å². The number of nitrogens with one attached hydrogen (secondary N) is 2. The number of aryl methyl sites for hydroxylation is 1. The monoisotopic (exact) mass is 592 g/mol. The van der Waals surface area contributed by atoms with Crippen molar-refractivity contribution in [3.8, 4) is 16.9 Å². The molecule has 0 spiro atoms. The zero-order valence-electron chi connectivity index (χ0n) is 23.7. The molecule has 1 saturated heterocycles. The first kappa shape index (κ1) is 30.6. The average Bonchev–Trinajstić information content (AvgIpc) is 3.25. The van der Waals surface area contributed by atoms with Gasteiger partial charge in [-0.3, -0.25) is 19.7 Å². The maximum atomic E-state index is 13.3. The number of hydrogen-bond acceptors (Lipinski definition) is 7. The fourth-order valence-corrected chi connectivity index (χ4v) is 5.68. The summed E-state index contributed by atoms with van der Waals surface area (Å²) in [5.41, 5.74) is 9.12. The van der Waals surface area contributed by atoms with Gasteiger partial charge in [0.25, 0.3) is 0 Å². The molecule has 0 aromatic heterocycles. The van der Waals surface area contributed by atoms with Crippen molar-refractivity contribution in [1.82, 2.24) is 4.90 Å². The van der Waals surface area contributed by atoms with E-state index in [1.165, 1.54) is 12.7 Å². The molecule has 0 unspecified atom stereocenters. The number of nitrogens with two attached hydrogens (primary N) is 1. The molecule has 3 aromatic rings. The van der Waals surface area contributed by atoms with E-state index in [1.54, 1.807) is 41.3 Å². The maximum Gasteiger partial charge on any atom is 0.306 e. The van der Waals surface area contributed by atoms with Crippen LogP contribution in [0, 0.1) is 11.3 Å². The van der Waals surface area contributed by atoms with Crippen molar-refractivity contribution >= 4 is 33.4 Å². The second-order valence-electron chi connectivity index (χ2n) is 10.4. The Bertz CT molecular complexity index is 1530. The summed E-state index contributed by atoms with van der Waals surface area (Å²) < 4.78 is 37.9. The molecular formula is C31H36N4O6S. The smallest absolute Gasteiger partial charge is 0.306 e. The van der Waals surface area contributed by atoms with Crippen LogP contribution in [0.4, 0.5) is 5.69 Å². The number of amidine groups is 1. The number of carbonyl (C=O) groups excluding carboxylic acids is 2. The van der Waals surface area contributed by atoms with Crippen molar-refractivity contribution in [2.24, 2.45) is 11.7 Å². The van der Waals surface area contributed by atoms with Crippen molar-refractivity contribution in [2.45, 2.75) is 31.7 Å². The highest BCUT2D eigenvalue weighted by molar-refractivity contribution is 7.92. The first-order valence-corrected chi connectivity index (χ1v) is 15.5. The van der Waals surface area contributed by atoms with Gasteiger partial charge in [-0.2, -0.15) is 0 Å². The zero-order valence-corrected chi connectivity index (χ0v) is 24.5. The minimum absolute atomic E-state index is 0.000974. The normalized spacial score (nSPS) is 16.7. The third-order valence-corrected chi connectivity index (χ3v) is 7.80. The standard InChI is InChI=1S/C31H36N4O6S/c1-40-29(36)19-25-17-26(35(31(25)37)16-6-9-21-7-4-3-5-8-21)20-41-28-15-14-24(18-27(28)34-42(2,38)39)22-10-12-23(13-11-22)30(32)33/h3-5,7-8,10-15,18,25-26,34H,6,9,16-17,19-20H2,1-2H3,(H3,32,33)/t25-,26-/m0/s1. The molecule has 1 aliphatic rings. The summed E-state index contributed by atoms with van der Waals surface area (Å²) in [7, 11) is -2.32. The van der Waals surface area contributed by atoms with E-state index in [1.807, 2.05) is 36.4 Å². The maximum absolute atomic E-state index is 13.3. The average molecular weight is 593 g/mol. The van der Waals surface area contributed by atoms with Crippen LogP contribution in [0.3, 0.4) is 0 Å². The summed E-state index contributed by atoms with van der Waals surface area (Å²) in [6.45, 7) is 0.628. The summed E-state index contributed by atoms with van der Waals surface area (Å²) >= 11 is 0. The summed E-state index contributed by atoms with van der Waals surface area (Å²) in [5.74, 6) is -0.779. The van der Waals surface area contributed by atoms with Crippen molar-refractivity contribution in [2.75, 3.05) is 31.2 Å². The van der Waals surface area contributed by atoms with E-state index in [0.717, 1.165) is 30.2 Å². The molecule has 0 radical (unpaired) electrons. The molecule has 0 bridgehead atoms. The van der Waals surface area contributed by atoms with Crippen LogP contribution in [0.25, 0.3) is 11.1 Å². The van der Waals surface area contributed by atoms with Gasteiger partial charge in [-0.1, -0.05) is 60.7 Å². The Morgan fingerprint density at radius 1 is 1.07 bits per heavy atom. The Hall–Kier alpha value is -4.38. The van der Waals surface area contributed by atoms with Gasteiger partial charge in [-0.25, -0.2) is 8.42 Å².